The summed E-state index contributed by atoms with van der Waals surface area (Å²) >= 11 is 0. The van der Waals surface area contributed by atoms with Gasteiger partial charge in [-0.2, -0.15) is 0 Å². The number of nitrogens with one attached hydrogen (secondary N) is 1. The first-order valence-corrected chi connectivity index (χ1v) is 5.14. The van der Waals surface area contributed by atoms with Crippen LogP contribution in [0.1, 0.15) is 5.56 Å². The molecule has 1 heterocycles. The highest BCUT2D eigenvalue weighted by Crippen LogP contribution is 2.28. The van der Waals surface area contributed by atoms with Crippen LogP contribution < -0.4 is 16.0 Å². The third-order valence-corrected chi connectivity index (χ3v) is 2.86. The van der Waals surface area contributed by atoms with E-state index < -0.39 is 0 Å². The first-order chi connectivity index (χ1) is 7.35. The second-order valence-electron chi connectivity index (χ2n) is 3.81. The molecule has 1 aliphatic rings. The first-order valence-electron chi connectivity index (χ1n) is 5.14. The lowest BCUT2D eigenvalue weighted by atomic mass is 9.91. The van der Waals surface area contributed by atoms with Crippen LogP contribution in [0.4, 0.5) is 0 Å². The Balaban J connectivity index is 2.14. The second kappa shape index (κ2) is 4.47. The fraction of sp³-hybridized carbons (Fsp3) is 0.333. The summed E-state index contributed by atoms with van der Waals surface area (Å²) in [6, 6.07) is 8.23. The molecule has 1 aromatic carbocycles. The maximum atomic E-state index is 5.68. The summed E-state index contributed by atoms with van der Waals surface area (Å²) in [7, 11) is 0. The largest absolute Gasteiger partial charge is 0.493 e. The van der Waals surface area contributed by atoms with E-state index in [9.17, 15) is 0 Å². The summed E-state index contributed by atoms with van der Waals surface area (Å²) in [4.78, 5) is 0. The number of nitrogens with two attached hydrogens (primary N) is 1. The van der Waals surface area contributed by atoms with Gasteiger partial charge in [-0.1, -0.05) is 24.3 Å². The molecule has 80 valence electrons. The van der Waals surface area contributed by atoms with Gasteiger partial charge in [0.15, 0.2) is 0 Å². The van der Waals surface area contributed by atoms with Gasteiger partial charge in [0.2, 0.25) is 0 Å². The van der Waals surface area contributed by atoms with Crippen LogP contribution >= 0.6 is 0 Å². The van der Waals surface area contributed by atoms with Gasteiger partial charge in [0, 0.05) is 12.0 Å². The average Bonchev–Trinajstić information content (AvgIpc) is 2.30. The first kappa shape index (κ1) is 10.2. The van der Waals surface area contributed by atoms with E-state index in [1.165, 1.54) is 5.56 Å². The maximum Gasteiger partial charge on any atom is 0.122 e. The molecule has 0 amide bonds. The van der Waals surface area contributed by atoms with Crippen molar-refractivity contribution in [1.29, 1.82) is 0 Å². The standard InChI is InChI=1S/C12H16N2O/c1-2-11(14-13)10-7-9-5-3-4-6-12(9)15-8-10/h2-6,10-11,14H,1,7-8,13H2. The van der Waals surface area contributed by atoms with Crippen molar-refractivity contribution in [3.63, 3.8) is 0 Å². The molecule has 0 saturated heterocycles. The Labute approximate surface area is 89.9 Å². The Kier molecular flexibility index (Phi) is 3.04. The third kappa shape index (κ3) is 2.03. The number of hydrogen-bond donors (Lipinski definition) is 2. The van der Waals surface area contributed by atoms with Crippen LogP contribution in [-0.2, 0) is 6.42 Å². The molecule has 0 aliphatic carbocycles. The second-order valence-corrected chi connectivity index (χ2v) is 3.81. The Morgan fingerprint density at radius 3 is 3.07 bits per heavy atom. The lowest BCUT2D eigenvalue weighted by Crippen LogP contribution is -2.43. The maximum absolute atomic E-state index is 5.68. The highest BCUT2D eigenvalue weighted by molar-refractivity contribution is 5.35. The minimum Gasteiger partial charge on any atom is -0.493 e. The highest BCUT2D eigenvalue weighted by atomic mass is 16.5. The summed E-state index contributed by atoms with van der Waals surface area (Å²) in [5.74, 6) is 6.81. The molecule has 3 nitrogen and oxygen atoms in total. The summed E-state index contributed by atoms with van der Waals surface area (Å²) in [5, 5.41) is 0. The zero-order valence-corrected chi connectivity index (χ0v) is 8.65. The molecule has 2 unspecified atom stereocenters. The van der Waals surface area contributed by atoms with E-state index in [2.05, 4.69) is 18.1 Å². The zero-order chi connectivity index (χ0) is 10.7. The van der Waals surface area contributed by atoms with Crippen LogP contribution in [0.25, 0.3) is 0 Å². The molecule has 15 heavy (non-hydrogen) atoms. The van der Waals surface area contributed by atoms with Gasteiger partial charge in [-0.05, 0) is 18.1 Å². The van der Waals surface area contributed by atoms with Gasteiger partial charge in [-0.3, -0.25) is 11.3 Å². The molecule has 1 aliphatic heterocycles. The van der Waals surface area contributed by atoms with Crippen molar-refractivity contribution in [3.8, 4) is 5.75 Å². The van der Waals surface area contributed by atoms with Gasteiger partial charge in [0.1, 0.15) is 5.75 Å². The van der Waals surface area contributed by atoms with E-state index >= 15 is 0 Å². The van der Waals surface area contributed by atoms with E-state index in [4.69, 9.17) is 10.6 Å². The topological polar surface area (TPSA) is 47.3 Å². The number of hydrogen-bond acceptors (Lipinski definition) is 3. The zero-order valence-electron chi connectivity index (χ0n) is 8.65. The van der Waals surface area contributed by atoms with Crippen molar-refractivity contribution >= 4 is 0 Å². The van der Waals surface area contributed by atoms with Crippen molar-refractivity contribution in [2.45, 2.75) is 12.5 Å². The van der Waals surface area contributed by atoms with Crippen molar-refractivity contribution in [3.05, 3.63) is 42.5 Å². The molecule has 0 fully saturated rings. The third-order valence-electron chi connectivity index (χ3n) is 2.86. The normalized spacial score (nSPS) is 21.3. The van der Waals surface area contributed by atoms with Crippen molar-refractivity contribution in [2.75, 3.05) is 6.61 Å². The summed E-state index contributed by atoms with van der Waals surface area (Å²) < 4.78 is 5.68. The SMILES string of the molecule is C=CC(NN)C1COc2ccccc2C1. The molecule has 3 heteroatoms. The fourth-order valence-corrected chi connectivity index (χ4v) is 1.98. The van der Waals surface area contributed by atoms with Gasteiger partial charge < -0.3 is 4.74 Å². The lowest BCUT2D eigenvalue weighted by molar-refractivity contribution is 0.199. The van der Waals surface area contributed by atoms with Crippen LogP contribution in [0.5, 0.6) is 5.75 Å². The number of hydrazine groups is 1. The van der Waals surface area contributed by atoms with Crippen LogP contribution in [0, 0.1) is 5.92 Å². The van der Waals surface area contributed by atoms with Crippen molar-refractivity contribution in [2.24, 2.45) is 11.8 Å². The van der Waals surface area contributed by atoms with Gasteiger partial charge >= 0.3 is 0 Å². The van der Waals surface area contributed by atoms with Crippen molar-refractivity contribution in [1.82, 2.24) is 5.43 Å². The van der Waals surface area contributed by atoms with E-state index in [0.29, 0.717) is 12.5 Å². The van der Waals surface area contributed by atoms with Crippen LogP contribution in [-0.4, -0.2) is 12.6 Å². The smallest absolute Gasteiger partial charge is 0.122 e. The lowest BCUT2D eigenvalue weighted by Gasteiger charge is -2.29. The van der Waals surface area contributed by atoms with Crippen LogP contribution in [0.2, 0.25) is 0 Å². The molecule has 2 atom stereocenters. The number of fused-ring (bicyclic) bond motifs is 1. The Bertz CT molecular complexity index is 351. The monoisotopic (exact) mass is 204 g/mol. The Morgan fingerprint density at radius 2 is 2.33 bits per heavy atom. The molecule has 0 spiro atoms. The van der Waals surface area contributed by atoms with E-state index in [1.54, 1.807) is 0 Å². The van der Waals surface area contributed by atoms with Gasteiger partial charge in [-0.25, -0.2) is 0 Å². The summed E-state index contributed by atoms with van der Waals surface area (Å²) in [6.45, 7) is 4.46. The molecule has 0 saturated carbocycles. The number of rotatable bonds is 3. The van der Waals surface area contributed by atoms with Crippen LogP contribution in [0.3, 0.4) is 0 Å². The number of ether oxygens (including phenoxy) is 1. The Morgan fingerprint density at radius 1 is 1.53 bits per heavy atom. The summed E-state index contributed by atoms with van der Waals surface area (Å²) in [6.07, 6.45) is 2.82. The van der Waals surface area contributed by atoms with Crippen LogP contribution in [0.15, 0.2) is 36.9 Å². The minimum absolute atomic E-state index is 0.110. The minimum atomic E-state index is 0.110. The summed E-state index contributed by atoms with van der Waals surface area (Å²) in [5.41, 5.74) is 4.00. The van der Waals surface area contributed by atoms with E-state index in [-0.39, 0.29) is 6.04 Å². The quantitative estimate of drug-likeness (QED) is 0.442. The van der Waals surface area contributed by atoms with E-state index in [0.717, 1.165) is 12.2 Å². The van der Waals surface area contributed by atoms with Crippen molar-refractivity contribution < 1.29 is 4.74 Å². The average molecular weight is 204 g/mol. The molecule has 2 rings (SSSR count). The predicted molar refractivity (Wildman–Crippen MR) is 60.4 cm³/mol. The Hall–Kier alpha value is -1.32. The molecule has 0 bridgehead atoms. The molecule has 0 radical (unpaired) electrons. The van der Waals surface area contributed by atoms with E-state index in [1.807, 2.05) is 24.3 Å². The molecular weight excluding hydrogens is 188 g/mol. The highest BCUT2D eigenvalue weighted by Gasteiger charge is 2.24. The predicted octanol–water partition coefficient (Wildman–Crippen LogP) is 1.26. The number of benzene rings is 1. The number of para-hydroxylation sites is 1. The van der Waals surface area contributed by atoms with Gasteiger partial charge in [0.25, 0.3) is 0 Å². The van der Waals surface area contributed by atoms with Gasteiger partial charge in [-0.15, -0.1) is 6.58 Å². The fourth-order valence-electron chi connectivity index (χ4n) is 1.98. The molecule has 3 N–H and O–H groups in total. The molecule has 0 aromatic heterocycles. The van der Waals surface area contributed by atoms with Gasteiger partial charge in [0.05, 0.1) is 6.61 Å². The molecular formula is C12H16N2O. The molecule has 1 aromatic rings.